The maximum atomic E-state index is 6.35. The van der Waals surface area contributed by atoms with Crippen LogP contribution in [0.1, 0.15) is 18.4 Å². The third-order valence-corrected chi connectivity index (χ3v) is 3.00. The summed E-state index contributed by atoms with van der Waals surface area (Å²) in [5, 5.41) is 3.35. The van der Waals surface area contributed by atoms with Crippen LogP contribution in [-0.4, -0.2) is 18.6 Å². The van der Waals surface area contributed by atoms with Gasteiger partial charge in [-0.3, -0.25) is 0 Å². The minimum atomic E-state index is 0. The zero-order valence-electron chi connectivity index (χ0n) is 9.32. The van der Waals surface area contributed by atoms with Gasteiger partial charge in [0.25, 0.3) is 0 Å². The van der Waals surface area contributed by atoms with Gasteiger partial charge in [-0.2, -0.15) is 0 Å². The Morgan fingerprint density at radius 1 is 1.06 bits per heavy atom. The van der Waals surface area contributed by atoms with Crippen LogP contribution in [0, 0.1) is 0 Å². The van der Waals surface area contributed by atoms with Crippen LogP contribution in [0.2, 0.25) is 0 Å². The van der Waals surface area contributed by atoms with Crippen molar-refractivity contribution in [2.75, 3.05) is 13.1 Å². The molecule has 0 amide bonds. The molecule has 0 atom stereocenters. The van der Waals surface area contributed by atoms with Gasteiger partial charge in [0.2, 0.25) is 0 Å². The Hall–Kier alpha value is -0.280. The van der Waals surface area contributed by atoms with Gasteiger partial charge in [-0.25, -0.2) is 0 Å². The first-order chi connectivity index (χ1) is 6.79. The highest BCUT2D eigenvalue weighted by Gasteiger charge is 2.27. The number of rotatable bonds is 2. The fourth-order valence-corrected chi connectivity index (χ4v) is 2.10. The quantitative estimate of drug-likeness (QED) is 0.858. The Morgan fingerprint density at radius 3 is 2.19 bits per heavy atom. The Labute approximate surface area is 110 Å². The molecular weight excluding hydrogens is 243 g/mol. The molecule has 0 unspecified atom stereocenters. The van der Waals surface area contributed by atoms with Crippen LogP contribution in [0.3, 0.4) is 0 Å². The molecule has 0 aromatic heterocycles. The molecule has 3 N–H and O–H groups in total. The fourth-order valence-electron chi connectivity index (χ4n) is 2.10. The van der Waals surface area contributed by atoms with Gasteiger partial charge < -0.3 is 11.1 Å². The Kier molecular flexibility index (Phi) is 7.00. The molecule has 1 fully saturated rings. The minimum absolute atomic E-state index is 0. The summed E-state index contributed by atoms with van der Waals surface area (Å²) in [5.74, 6) is 0. The maximum Gasteiger partial charge on any atom is 0.0219 e. The van der Waals surface area contributed by atoms with E-state index in [4.69, 9.17) is 5.73 Å². The van der Waals surface area contributed by atoms with Crippen molar-refractivity contribution in [1.29, 1.82) is 0 Å². The molecule has 4 heteroatoms. The standard InChI is InChI=1S/C12H18N2.2ClH/c13-12(6-8-14-9-7-12)10-11-4-2-1-3-5-11;;/h1-5,14H,6-10,13H2;2*1H. The number of nitrogens with one attached hydrogen (secondary N) is 1. The molecule has 0 spiro atoms. The monoisotopic (exact) mass is 262 g/mol. The van der Waals surface area contributed by atoms with Gasteiger partial charge in [0.15, 0.2) is 0 Å². The van der Waals surface area contributed by atoms with Gasteiger partial charge in [-0.15, -0.1) is 24.8 Å². The second-order valence-electron chi connectivity index (χ2n) is 4.27. The molecule has 0 bridgehead atoms. The van der Waals surface area contributed by atoms with Crippen LogP contribution in [0.25, 0.3) is 0 Å². The summed E-state index contributed by atoms with van der Waals surface area (Å²) in [7, 11) is 0. The lowest BCUT2D eigenvalue weighted by Crippen LogP contribution is -2.50. The smallest absolute Gasteiger partial charge is 0.0219 e. The lowest BCUT2D eigenvalue weighted by atomic mass is 9.83. The van der Waals surface area contributed by atoms with Gasteiger partial charge >= 0.3 is 0 Å². The molecule has 1 aliphatic rings. The lowest BCUT2D eigenvalue weighted by Gasteiger charge is -2.34. The minimum Gasteiger partial charge on any atom is -0.325 e. The van der Waals surface area contributed by atoms with Crippen molar-refractivity contribution in [1.82, 2.24) is 5.32 Å². The van der Waals surface area contributed by atoms with Crippen LogP contribution in [-0.2, 0) is 6.42 Å². The topological polar surface area (TPSA) is 38.0 Å². The second-order valence-corrected chi connectivity index (χ2v) is 4.27. The zero-order chi connectivity index (χ0) is 9.86. The molecule has 16 heavy (non-hydrogen) atoms. The van der Waals surface area contributed by atoms with Crippen molar-refractivity contribution in [3.8, 4) is 0 Å². The van der Waals surface area contributed by atoms with Gasteiger partial charge in [-0.1, -0.05) is 30.3 Å². The second kappa shape index (κ2) is 7.13. The van der Waals surface area contributed by atoms with E-state index in [1.807, 2.05) is 0 Å². The summed E-state index contributed by atoms with van der Waals surface area (Å²) in [6.07, 6.45) is 3.18. The SMILES string of the molecule is Cl.Cl.NC1(Cc2ccccc2)CCNCC1. The van der Waals surface area contributed by atoms with E-state index in [0.29, 0.717) is 0 Å². The Balaban J connectivity index is 0.00000112. The van der Waals surface area contributed by atoms with Crippen LogP contribution in [0.5, 0.6) is 0 Å². The number of halogens is 2. The Bertz CT molecular complexity index is 284. The maximum absolute atomic E-state index is 6.35. The van der Waals surface area contributed by atoms with E-state index >= 15 is 0 Å². The van der Waals surface area contributed by atoms with Crippen molar-refractivity contribution in [2.45, 2.75) is 24.8 Å². The van der Waals surface area contributed by atoms with E-state index in [9.17, 15) is 0 Å². The van der Waals surface area contributed by atoms with Crippen molar-refractivity contribution in [3.05, 3.63) is 35.9 Å². The first-order valence-corrected chi connectivity index (χ1v) is 5.32. The number of hydrogen-bond donors (Lipinski definition) is 2. The predicted molar refractivity (Wildman–Crippen MR) is 73.7 cm³/mol. The summed E-state index contributed by atoms with van der Waals surface area (Å²) in [4.78, 5) is 0. The third kappa shape index (κ3) is 4.30. The molecule has 0 radical (unpaired) electrons. The summed E-state index contributed by atoms with van der Waals surface area (Å²) in [6, 6.07) is 10.5. The van der Waals surface area contributed by atoms with Gasteiger partial charge in [0, 0.05) is 5.54 Å². The molecule has 1 aromatic carbocycles. The molecule has 1 heterocycles. The molecule has 1 saturated heterocycles. The summed E-state index contributed by atoms with van der Waals surface area (Å²) in [5.41, 5.74) is 7.73. The number of nitrogens with two attached hydrogens (primary N) is 1. The van der Waals surface area contributed by atoms with Crippen molar-refractivity contribution >= 4 is 24.8 Å². The molecule has 0 saturated carbocycles. The van der Waals surface area contributed by atoms with Gasteiger partial charge in [0.05, 0.1) is 0 Å². The highest BCUT2D eigenvalue weighted by atomic mass is 35.5. The summed E-state index contributed by atoms with van der Waals surface area (Å²) in [6.45, 7) is 2.12. The molecule has 1 aliphatic heterocycles. The van der Waals surface area contributed by atoms with E-state index in [1.165, 1.54) is 5.56 Å². The number of hydrogen-bond acceptors (Lipinski definition) is 2. The molecular formula is C12H20Cl2N2. The van der Waals surface area contributed by atoms with Crippen molar-refractivity contribution in [2.24, 2.45) is 5.73 Å². The number of piperidine rings is 1. The first-order valence-electron chi connectivity index (χ1n) is 5.32. The van der Waals surface area contributed by atoms with Crippen molar-refractivity contribution in [3.63, 3.8) is 0 Å². The first kappa shape index (κ1) is 15.7. The number of benzene rings is 1. The largest absolute Gasteiger partial charge is 0.325 e. The summed E-state index contributed by atoms with van der Waals surface area (Å²) < 4.78 is 0. The fraction of sp³-hybridized carbons (Fsp3) is 0.500. The van der Waals surface area contributed by atoms with Crippen LogP contribution in [0.15, 0.2) is 30.3 Å². The van der Waals surface area contributed by atoms with Crippen molar-refractivity contribution < 1.29 is 0 Å². The predicted octanol–water partition coefficient (Wildman–Crippen LogP) is 2.15. The average molecular weight is 263 g/mol. The summed E-state index contributed by atoms with van der Waals surface area (Å²) >= 11 is 0. The van der Waals surface area contributed by atoms with Gasteiger partial charge in [0.1, 0.15) is 0 Å². The molecule has 2 nitrogen and oxygen atoms in total. The van der Waals surface area contributed by atoms with Crippen LogP contribution >= 0.6 is 24.8 Å². The molecule has 92 valence electrons. The van der Waals surface area contributed by atoms with Crippen LogP contribution in [0.4, 0.5) is 0 Å². The highest BCUT2D eigenvalue weighted by Crippen LogP contribution is 2.20. The van der Waals surface area contributed by atoms with E-state index < -0.39 is 0 Å². The third-order valence-electron chi connectivity index (χ3n) is 3.00. The normalized spacial score (nSPS) is 18.1. The lowest BCUT2D eigenvalue weighted by molar-refractivity contribution is 0.308. The van der Waals surface area contributed by atoms with E-state index in [2.05, 4.69) is 35.6 Å². The Morgan fingerprint density at radius 2 is 1.62 bits per heavy atom. The molecule has 1 aromatic rings. The molecule has 2 rings (SSSR count). The van der Waals surface area contributed by atoms with Gasteiger partial charge in [-0.05, 0) is 37.9 Å². The molecule has 0 aliphatic carbocycles. The van der Waals surface area contributed by atoms with E-state index in [1.54, 1.807) is 0 Å². The van der Waals surface area contributed by atoms with Crippen LogP contribution < -0.4 is 11.1 Å². The van der Waals surface area contributed by atoms with E-state index in [0.717, 1.165) is 32.4 Å². The van der Waals surface area contributed by atoms with E-state index in [-0.39, 0.29) is 30.4 Å². The zero-order valence-corrected chi connectivity index (χ0v) is 10.9. The highest BCUT2D eigenvalue weighted by molar-refractivity contribution is 5.85. The average Bonchev–Trinajstić information content (AvgIpc) is 2.19.